The Hall–Kier alpha value is -2.55. The third-order valence-electron chi connectivity index (χ3n) is 3.59. The molecule has 1 aliphatic heterocycles. The maximum Gasteiger partial charge on any atom is 0.350 e. The first-order chi connectivity index (χ1) is 11.7. The standard InChI is InChI=1S/C16H18N2O6S/c1-16(2)23-14(19)13(15(20)24-16)9-17-10-4-3-5-11(8-10)18-25(21,22)12-6-7-12/h3-5,8-9,12,17-18H,6-7H2,1-2H3. The summed E-state index contributed by atoms with van der Waals surface area (Å²) in [6.07, 6.45) is 2.51. The molecule has 25 heavy (non-hydrogen) atoms. The summed E-state index contributed by atoms with van der Waals surface area (Å²) in [4.78, 5) is 23.7. The van der Waals surface area contributed by atoms with Gasteiger partial charge in [0.15, 0.2) is 5.57 Å². The van der Waals surface area contributed by atoms with E-state index in [0.29, 0.717) is 24.2 Å². The molecule has 2 N–H and O–H groups in total. The number of carbonyl (C=O) groups is 2. The first-order valence-corrected chi connectivity index (χ1v) is 9.26. The highest BCUT2D eigenvalue weighted by Crippen LogP contribution is 2.30. The van der Waals surface area contributed by atoms with E-state index in [0.717, 1.165) is 0 Å². The molecule has 9 heteroatoms. The van der Waals surface area contributed by atoms with E-state index in [2.05, 4.69) is 10.0 Å². The summed E-state index contributed by atoms with van der Waals surface area (Å²) < 4.78 is 36.4. The van der Waals surface area contributed by atoms with Crippen LogP contribution in [0.2, 0.25) is 0 Å². The molecule has 0 atom stereocenters. The zero-order valence-corrected chi connectivity index (χ0v) is 14.6. The van der Waals surface area contributed by atoms with Crippen LogP contribution in [-0.4, -0.2) is 31.4 Å². The van der Waals surface area contributed by atoms with Crippen LogP contribution in [0, 0.1) is 0 Å². The van der Waals surface area contributed by atoms with Crippen LogP contribution in [0.1, 0.15) is 26.7 Å². The van der Waals surface area contributed by atoms with Gasteiger partial charge >= 0.3 is 11.9 Å². The molecular formula is C16H18N2O6S. The van der Waals surface area contributed by atoms with Crippen molar-refractivity contribution in [1.82, 2.24) is 0 Å². The van der Waals surface area contributed by atoms with Gasteiger partial charge in [-0.2, -0.15) is 0 Å². The fourth-order valence-corrected chi connectivity index (χ4v) is 3.61. The van der Waals surface area contributed by atoms with Crippen molar-refractivity contribution in [2.24, 2.45) is 0 Å². The van der Waals surface area contributed by atoms with Crippen molar-refractivity contribution in [3.63, 3.8) is 0 Å². The van der Waals surface area contributed by atoms with Crippen LogP contribution in [0.25, 0.3) is 0 Å². The molecule has 2 aliphatic rings. The second-order valence-electron chi connectivity index (χ2n) is 6.31. The summed E-state index contributed by atoms with van der Waals surface area (Å²) in [5.41, 5.74) is 0.613. The predicted molar refractivity (Wildman–Crippen MR) is 90.0 cm³/mol. The van der Waals surface area contributed by atoms with Gasteiger partial charge in [0.25, 0.3) is 5.79 Å². The second-order valence-corrected chi connectivity index (χ2v) is 8.27. The number of nitrogens with one attached hydrogen (secondary N) is 2. The normalized spacial score (nSPS) is 19.7. The Morgan fingerprint density at radius 2 is 1.72 bits per heavy atom. The van der Waals surface area contributed by atoms with Gasteiger partial charge < -0.3 is 14.8 Å². The number of cyclic esters (lactones) is 2. The maximum absolute atomic E-state index is 12.0. The first-order valence-electron chi connectivity index (χ1n) is 7.71. The lowest BCUT2D eigenvalue weighted by Gasteiger charge is -2.29. The number of esters is 2. The number of ether oxygens (including phenoxy) is 2. The lowest BCUT2D eigenvalue weighted by Crippen LogP contribution is -2.42. The van der Waals surface area contributed by atoms with Crippen LogP contribution in [0.15, 0.2) is 36.0 Å². The molecule has 1 heterocycles. The van der Waals surface area contributed by atoms with Crippen LogP contribution < -0.4 is 10.0 Å². The zero-order valence-electron chi connectivity index (χ0n) is 13.7. The van der Waals surface area contributed by atoms with Crippen molar-refractivity contribution in [3.05, 3.63) is 36.0 Å². The average molecular weight is 366 g/mol. The van der Waals surface area contributed by atoms with Crippen molar-refractivity contribution in [1.29, 1.82) is 0 Å². The lowest BCUT2D eigenvalue weighted by atomic mass is 10.2. The summed E-state index contributed by atoms with van der Waals surface area (Å²) in [5.74, 6) is -2.88. The molecule has 0 spiro atoms. The average Bonchev–Trinajstić information content (AvgIpc) is 3.30. The summed E-state index contributed by atoms with van der Waals surface area (Å²) in [5, 5.41) is 2.44. The quantitative estimate of drug-likeness (QED) is 0.464. The molecule has 0 radical (unpaired) electrons. The molecule has 1 aromatic carbocycles. The van der Waals surface area contributed by atoms with Crippen LogP contribution in [0.5, 0.6) is 0 Å². The van der Waals surface area contributed by atoms with Gasteiger partial charge in [-0.25, -0.2) is 18.0 Å². The lowest BCUT2D eigenvalue weighted by molar-refractivity contribution is -0.222. The van der Waals surface area contributed by atoms with Crippen LogP contribution >= 0.6 is 0 Å². The molecule has 3 rings (SSSR count). The molecule has 0 aromatic heterocycles. The minimum Gasteiger partial charge on any atom is -0.419 e. The Morgan fingerprint density at radius 1 is 1.12 bits per heavy atom. The van der Waals surface area contributed by atoms with E-state index in [1.54, 1.807) is 24.3 Å². The van der Waals surface area contributed by atoms with E-state index in [9.17, 15) is 18.0 Å². The Balaban J connectivity index is 1.72. The Bertz CT molecular complexity index is 833. The van der Waals surface area contributed by atoms with Gasteiger partial charge in [-0.05, 0) is 31.0 Å². The maximum atomic E-state index is 12.0. The topological polar surface area (TPSA) is 111 Å². The third-order valence-corrected chi connectivity index (χ3v) is 5.46. The Kier molecular flexibility index (Phi) is 4.19. The summed E-state index contributed by atoms with van der Waals surface area (Å²) in [6.45, 7) is 2.92. The molecule has 1 aromatic rings. The highest BCUT2D eigenvalue weighted by molar-refractivity contribution is 7.93. The molecule has 1 saturated carbocycles. The van der Waals surface area contributed by atoms with Gasteiger partial charge in [-0.1, -0.05) is 6.07 Å². The highest BCUT2D eigenvalue weighted by Gasteiger charge is 2.39. The highest BCUT2D eigenvalue weighted by atomic mass is 32.2. The zero-order chi connectivity index (χ0) is 18.2. The smallest absolute Gasteiger partial charge is 0.350 e. The molecule has 1 aliphatic carbocycles. The van der Waals surface area contributed by atoms with E-state index in [1.165, 1.54) is 20.0 Å². The Morgan fingerprint density at radius 3 is 2.32 bits per heavy atom. The Labute approximate surface area is 145 Å². The molecule has 1 saturated heterocycles. The number of sulfonamides is 1. The van der Waals surface area contributed by atoms with Crippen molar-refractivity contribution < 1.29 is 27.5 Å². The van der Waals surface area contributed by atoms with Crippen LogP contribution in [0.3, 0.4) is 0 Å². The molecule has 0 unspecified atom stereocenters. The van der Waals surface area contributed by atoms with E-state index < -0.39 is 27.7 Å². The molecule has 0 amide bonds. The van der Waals surface area contributed by atoms with Crippen LogP contribution in [-0.2, 0) is 29.1 Å². The number of benzene rings is 1. The van der Waals surface area contributed by atoms with Gasteiger partial charge in [0.05, 0.1) is 10.9 Å². The number of hydrogen-bond donors (Lipinski definition) is 2. The minimum atomic E-state index is -3.36. The number of anilines is 2. The third kappa shape index (κ3) is 4.11. The molecular weight excluding hydrogens is 348 g/mol. The SMILES string of the molecule is CC1(C)OC(=O)C(=CNc2cccc(NS(=O)(=O)C3CC3)c2)C(=O)O1. The van der Waals surface area contributed by atoms with Crippen molar-refractivity contribution in [2.75, 3.05) is 10.0 Å². The number of hydrogen-bond acceptors (Lipinski definition) is 7. The fourth-order valence-electron chi connectivity index (χ4n) is 2.23. The monoisotopic (exact) mass is 366 g/mol. The van der Waals surface area contributed by atoms with Crippen molar-refractivity contribution in [3.8, 4) is 0 Å². The van der Waals surface area contributed by atoms with E-state index in [-0.39, 0.29) is 10.8 Å². The van der Waals surface area contributed by atoms with Crippen LogP contribution in [0.4, 0.5) is 11.4 Å². The van der Waals surface area contributed by atoms with Gasteiger partial charge in [0.1, 0.15) is 0 Å². The number of rotatable bonds is 5. The fraction of sp³-hybridized carbons (Fsp3) is 0.375. The van der Waals surface area contributed by atoms with Gasteiger partial charge in [-0.15, -0.1) is 0 Å². The van der Waals surface area contributed by atoms with Crippen molar-refractivity contribution in [2.45, 2.75) is 37.7 Å². The van der Waals surface area contributed by atoms with E-state index in [1.807, 2.05) is 0 Å². The van der Waals surface area contributed by atoms with Gasteiger partial charge in [0, 0.05) is 25.7 Å². The molecule has 0 bridgehead atoms. The van der Waals surface area contributed by atoms with E-state index >= 15 is 0 Å². The minimum absolute atomic E-state index is 0.275. The predicted octanol–water partition coefficient (Wildman–Crippen LogP) is 1.72. The van der Waals surface area contributed by atoms with Crippen molar-refractivity contribution >= 4 is 33.3 Å². The molecule has 8 nitrogen and oxygen atoms in total. The summed E-state index contributed by atoms with van der Waals surface area (Å²) in [7, 11) is -3.36. The second kappa shape index (κ2) is 6.07. The molecule has 134 valence electrons. The largest absolute Gasteiger partial charge is 0.419 e. The summed E-state index contributed by atoms with van der Waals surface area (Å²) >= 11 is 0. The first kappa shape index (κ1) is 17.3. The van der Waals surface area contributed by atoms with E-state index in [4.69, 9.17) is 9.47 Å². The number of carbonyl (C=O) groups excluding carboxylic acids is 2. The van der Waals surface area contributed by atoms with Gasteiger partial charge in [0.2, 0.25) is 10.0 Å². The summed E-state index contributed by atoms with van der Waals surface area (Å²) in [6, 6.07) is 6.48. The molecule has 2 fully saturated rings. The van der Waals surface area contributed by atoms with Gasteiger partial charge in [-0.3, -0.25) is 4.72 Å².